The SMILES string of the molecule is CC[C@H]1CC2C3CCC([C@H](C)CCCc4ccccc4C(=O)O)C3(C)CC[C@@H]2C2(C)CCCCC12. The van der Waals surface area contributed by atoms with E-state index in [2.05, 4.69) is 27.7 Å². The maximum absolute atomic E-state index is 11.6. The molecule has 0 bridgehead atoms. The minimum atomic E-state index is -0.789. The number of fused-ring (bicyclic) bond motifs is 5. The summed E-state index contributed by atoms with van der Waals surface area (Å²) in [4.78, 5) is 11.6. The number of hydrogen-bond acceptors (Lipinski definition) is 1. The molecule has 2 heteroatoms. The molecule has 0 saturated heterocycles. The summed E-state index contributed by atoms with van der Waals surface area (Å²) in [5.74, 6) is 5.65. The van der Waals surface area contributed by atoms with Gasteiger partial charge in [0, 0.05) is 0 Å². The van der Waals surface area contributed by atoms with Crippen LogP contribution in [0, 0.1) is 52.3 Å². The minimum absolute atomic E-state index is 0.489. The van der Waals surface area contributed by atoms with Crippen LogP contribution in [0.3, 0.4) is 0 Å². The van der Waals surface area contributed by atoms with Crippen molar-refractivity contribution in [1.29, 1.82) is 0 Å². The lowest BCUT2D eigenvalue weighted by Gasteiger charge is -2.63. The summed E-state index contributed by atoms with van der Waals surface area (Å²) >= 11 is 0. The van der Waals surface area contributed by atoms with E-state index in [0.29, 0.717) is 16.4 Å². The first-order valence-corrected chi connectivity index (χ1v) is 15.1. The van der Waals surface area contributed by atoms with Crippen LogP contribution < -0.4 is 0 Å². The predicted molar refractivity (Wildman–Crippen MR) is 145 cm³/mol. The van der Waals surface area contributed by atoms with Gasteiger partial charge >= 0.3 is 5.97 Å². The third kappa shape index (κ3) is 4.29. The zero-order valence-electron chi connectivity index (χ0n) is 22.9. The van der Waals surface area contributed by atoms with Crippen LogP contribution in [0.4, 0.5) is 0 Å². The van der Waals surface area contributed by atoms with Crippen molar-refractivity contribution < 1.29 is 9.90 Å². The Kier molecular flexibility index (Phi) is 7.14. The molecule has 194 valence electrons. The van der Waals surface area contributed by atoms with Crippen molar-refractivity contribution in [2.24, 2.45) is 52.3 Å². The summed E-state index contributed by atoms with van der Waals surface area (Å²) in [6.45, 7) is 10.4. The lowest BCUT2D eigenvalue weighted by atomic mass is 9.42. The number of carboxylic acids is 1. The molecule has 4 saturated carbocycles. The lowest BCUT2D eigenvalue weighted by Crippen LogP contribution is -2.55. The molecule has 1 N–H and O–H groups in total. The van der Waals surface area contributed by atoms with Gasteiger partial charge in [-0.3, -0.25) is 0 Å². The zero-order chi connectivity index (χ0) is 24.8. The van der Waals surface area contributed by atoms with E-state index in [0.717, 1.165) is 59.8 Å². The Labute approximate surface area is 214 Å². The molecule has 0 aromatic heterocycles. The summed E-state index contributed by atoms with van der Waals surface area (Å²) in [6.07, 6.45) is 17.9. The molecule has 4 aliphatic rings. The van der Waals surface area contributed by atoms with E-state index in [4.69, 9.17) is 0 Å². The Balaban J connectivity index is 1.27. The Morgan fingerprint density at radius 3 is 2.54 bits per heavy atom. The van der Waals surface area contributed by atoms with Gasteiger partial charge in [-0.25, -0.2) is 4.79 Å². The Morgan fingerprint density at radius 1 is 1.00 bits per heavy atom. The van der Waals surface area contributed by atoms with Crippen molar-refractivity contribution in [3.05, 3.63) is 35.4 Å². The number of carbonyl (C=O) groups is 1. The maximum atomic E-state index is 11.6. The smallest absolute Gasteiger partial charge is 0.335 e. The third-order valence-corrected chi connectivity index (χ3v) is 12.4. The van der Waals surface area contributed by atoms with Gasteiger partial charge in [0.2, 0.25) is 0 Å². The number of carboxylic acid groups (broad SMARTS) is 1. The van der Waals surface area contributed by atoms with E-state index in [1.807, 2.05) is 18.2 Å². The molecule has 2 nitrogen and oxygen atoms in total. The van der Waals surface area contributed by atoms with Crippen LogP contribution in [-0.2, 0) is 6.42 Å². The fourth-order valence-corrected chi connectivity index (χ4v) is 10.8. The van der Waals surface area contributed by atoms with Crippen LogP contribution in [0.5, 0.6) is 0 Å². The molecule has 1 aromatic carbocycles. The first-order valence-electron chi connectivity index (χ1n) is 15.1. The monoisotopic (exact) mass is 478 g/mol. The molecular weight excluding hydrogens is 428 g/mol. The number of rotatable bonds is 7. The van der Waals surface area contributed by atoms with Gasteiger partial charge in [-0.1, -0.05) is 71.6 Å². The fourth-order valence-electron chi connectivity index (χ4n) is 10.8. The van der Waals surface area contributed by atoms with E-state index in [1.54, 1.807) is 6.07 Å². The average molecular weight is 479 g/mol. The number of hydrogen-bond donors (Lipinski definition) is 1. The molecule has 9 atom stereocenters. The standard InChI is InChI=1S/C33H50O2/c1-5-23-21-26-29-17-16-27(22(2)11-10-13-24-12-6-7-14-25(24)31(34)35)33(29,4)20-18-30(26)32(3)19-9-8-15-28(23)32/h6-7,12,14,22-23,26-30H,5,8-11,13,15-21H2,1-4H3,(H,34,35)/t22-,23+,26?,27?,28?,29?,30+,32?,33?/m1/s1. The van der Waals surface area contributed by atoms with Crippen molar-refractivity contribution in [3.8, 4) is 0 Å². The molecule has 0 spiro atoms. The molecule has 0 heterocycles. The molecule has 1 aromatic rings. The lowest BCUT2D eigenvalue weighted by molar-refractivity contribution is -0.138. The molecule has 0 amide bonds. The van der Waals surface area contributed by atoms with Crippen molar-refractivity contribution in [2.45, 2.75) is 111 Å². The second kappa shape index (κ2) is 9.86. The third-order valence-electron chi connectivity index (χ3n) is 12.4. The zero-order valence-corrected chi connectivity index (χ0v) is 22.9. The normalized spacial score (nSPS) is 41.5. The number of aromatic carboxylic acids is 1. The summed E-state index contributed by atoms with van der Waals surface area (Å²) in [5, 5.41) is 9.53. The van der Waals surface area contributed by atoms with Gasteiger partial charge in [0.1, 0.15) is 0 Å². The first-order chi connectivity index (χ1) is 16.8. The molecule has 4 fully saturated rings. The summed E-state index contributed by atoms with van der Waals surface area (Å²) < 4.78 is 0. The van der Waals surface area contributed by atoms with Crippen LogP contribution in [0.2, 0.25) is 0 Å². The highest BCUT2D eigenvalue weighted by atomic mass is 16.4. The molecule has 35 heavy (non-hydrogen) atoms. The topological polar surface area (TPSA) is 37.3 Å². The van der Waals surface area contributed by atoms with Crippen molar-refractivity contribution in [1.82, 2.24) is 0 Å². The van der Waals surface area contributed by atoms with E-state index in [-0.39, 0.29) is 0 Å². The summed E-state index contributed by atoms with van der Waals surface area (Å²) in [6, 6.07) is 7.59. The quantitative estimate of drug-likeness (QED) is 0.424. The second-order valence-corrected chi connectivity index (χ2v) is 13.7. The van der Waals surface area contributed by atoms with E-state index < -0.39 is 5.97 Å². The van der Waals surface area contributed by atoms with Crippen LogP contribution in [0.15, 0.2) is 24.3 Å². The van der Waals surface area contributed by atoms with Crippen LogP contribution in [-0.4, -0.2) is 11.1 Å². The first kappa shape index (κ1) is 25.3. The maximum Gasteiger partial charge on any atom is 0.335 e. The van der Waals surface area contributed by atoms with Gasteiger partial charge in [0.25, 0.3) is 0 Å². The van der Waals surface area contributed by atoms with Crippen molar-refractivity contribution >= 4 is 5.97 Å². The summed E-state index contributed by atoms with van der Waals surface area (Å²) in [5.41, 5.74) is 2.63. The highest BCUT2D eigenvalue weighted by Gasteiger charge is 2.61. The van der Waals surface area contributed by atoms with Crippen LogP contribution in [0.25, 0.3) is 0 Å². The van der Waals surface area contributed by atoms with Crippen LogP contribution in [0.1, 0.15) is 121 Å². The van der Waals surface area contributed by atoms with Gasteiger partial charge in [-0.15, -0.1) is 0 Å². The van der Waals surface area contributed by atoms with Crippen molar-refractivity contribution in [3.63, 3.8) is 0 Å². The van der Waals surface area contributed by atoms with E-state index in [9.17, 15) is 9.90 Å². The highest BCUT2D eigenvalue weighted by molar-refractivity contribution is 5.89. The van der Waals surface area contributed by atoms with Gasteiger partial charge in [0.05, 0.1) is 5.56 Å². The predicted octanol–water partition coefficient (Wildman–Crippen LogP) is 9.03. The molecular formula is C33H50O2. The Bertz CT molecular complexity index is 906. The Hall–Kier alpha value is -1.31. The summed E-state index contributed by atoms with van der Waals surface area (Å²) in [7, 11) is 0. The average Bonchev–Trinajstić information content (AvgIpc) is 3.20. The molecule has 5 rings (SSSR count). The van der Waals surface area contributed by atoms with Crippen LogP contribution >= 0.6 is 0 Å². The highest BCUT2D eigenvalue weighted by Crippen LogP contribution is 2.69. The van der Waals surface area contributed by atoms with Gasteiger partial charge in [0.15, 0.2) is 0 Å². The van der Waals surface area contributed by atoms with Crippen molar-refractivity contribution in [2.75, 3.05) is 0 Å². The molecule has 4 aliphatic carbocycles. The van der Waals surface area contributed by atoms with Gasteiger partial charge in [-0.2, -0.15) is 0 Å². The number of benzene rings is 1. The van der Waals surface area contributed by atoms with E-state index >= 15 is 0 Å². The molecule has 0 aliphatic heterocycles. The van der Waals surface area contributed by atoms with Gasteiger partial charge in [-0.05, 0) is 122 Å². The number of aryl methyl sites for hydroxylation is 1. The Morgan fingerprint density at radius 2 is 1.77 bits per heavy atom. The second-order valence-electron chi connectivity index (χ2n) is 13.7. The largest absolute Gasteiger partial charge is 0.478 e. The molecule has 0 radical (unpaired) electrons. The molecule has 6 unspecified atom stereocenters. The minimum Gasteiger partial charge on any atom is -0.478 e. The van der Waals surface area contributed by atoms with Gasteiger partial charge < -0.3 is 5.11 Å². The fraction of sp³-hybridized carbons (Fsp3) is 0.788. The van der Waals surface area contributed by atoms with E-state index in [1.165, 1.54) is 70.6 Å².